The average molecular weight is 611 g/mol. The van der Waals surface area contributed by atoms with Gasteiger partial charge in [0, 0.05) is 16.7 Å². The summed E-state index contributed by atoms with van der Waals surface area (Å²) in [6, 6.07) is 42.1. The predicted molar refractivity (Wildman–Crippen MR) is 190 cm³/mol. The van der Waals surface area contributed by atoms with Crippen LogP contribution in [0.2, 0.25) is 0 Å². The fourth-order valence-electron chi connectivity index (χ4n) is 8.78. The Morgan fingerprint density at radius 2 is 1.15 bits per heavy atom. The lowest BCUT2D eigenvalue weighted by molar-refractivity contribution is 0.0780. The summed E-state index contributed by atoms with van der Waals surface area (Å²) in [5, 5.41) is 11.6. The van der Waals surface area contributed by atoms with Gasteiger partial charge in [-0.15, -0.1) is 0 Å². The Labute approximate surface area is 277 Å². The molecule has 4 atom stereocenters. The summed E-state index contributed by atoms with van der Waals surface area (Å²) in [5.74, 6) is 4.41. The number of aromatic nitrogens is 3. The summed E-state index contributed by atoms with van der Waals surface area (Å²) in [6.07, 6.45) is 6.65. The van der Waals surface area contributed by atoms with Gasteiger partial charge in [-0.2, -0.15) is 5.26 Å². The van der Waals surface area contributed by atoms with E-state index in [4.69, 9.17) is 15.0 Å². The van der Waals surface area contributed by atoms with Gasteiger partial charge in [0.2, 0.25) is 0 Å². The van der Waals surface area contributed by atoms with Crippen LogP contribution in [-0.2, 0) is 5.41 Å². The molecular weight excluding hydrogens is 573 g/mol. The van der Waals surface area contributed by atoms with Crippen LogP contribution in [0.25, 0.3) is 56.1 Å². The molecule has 2 aliphatic rings. The summed E-state index contributed by atoms with van der Waals surface area (Å²) in [7, 11) is 0. The molecule has 2 fully saturated rings. The molecule has 0 amide bonds. The van der Waals surface area contributed by atoms with Crippen LogP contribution in [0.15, 0.2) is 115 Å². The van der Waals surface area contributed by atoms with E-state index < -0.39 is 0 Å². The highest BCUT2D eigenvalue weighted by atomic mass is 15.0. The summed E-state index contributed by atoms with van der Waals surface area (Å²) in [4.78, 5) is 15.1. The lowest BCUT2D eigenvalue weighted by Gasteiger charge is -2.50. The monoisotopic (exact) mass is 610 g/mol. The number of nitriles is 1. The van der Waals surface area contributed by atoms with E-state index in [-0.39, 0.29) is 5.41 Å². The molecule has 2 bridgehead atoms. The van der Waals surface area contributed by atoms with Crippen LogP contribution in [0.5, 0.6) is 0 Å². The molecule has 1 unspecified atom stereocenters. The number of fused-ring (bicyclic) bond motifs is 3. The molecule has 47 heavy (non-hydrogen) atoms. The Hall–Kier alpha value is -5.14. The minimum atomic E-state index is 0.289. The molecule has 4 nitrogen and oxygen atoms in total. The zero-order chi connectivity index (χ0) is 32.0. The van der Waals surface area contributed by atoms with E-state index in [1.807, 2.05) is 36.4 Å². The maximum atomic E-state index is 9.55. The summed E-state index contributed by atoms with van der Waals surface area (Å²) >= 11 is 0. The van der Waals surface area contributed by atoms with E-state index in [0.29, 0.717) is 23.0 Å². The smallest absolute Gasteiger partial charge is 0.164 e. The van der Waals surface area contributed by atoms with Crippen molar-refractivity contribution in [3.05, 3.63) is 126 Å². The topological polar surface area (TPSA) is 62.5 Å². The number of rotatable bonds is 5. The van der Waals surface area contributed by atoms with E-state index in [9.17, 15) is 5.26 Å². The molecule has 0 N–H and O–H groups in total. The molecule has 0 spiro atoms. The van der Waals surface area contributed by atoms with Gasteiger partial charge in [-0.05, 0) is 101 Å². The molecule has 0 radical (unpaired) electrons. The molecule has 230 valence electrons. The van der Waals surface area contributed by atoms with Gasteiger partial charge in [0.1, 0.15) is 0 Å². The first kappa shape index (κ1) is 29.3. The number of hydrogen-bond acceptors (Lipinski definition) is 4. The number of nitrogens with zero attached hydrogens (tertiary/aromatic N) is 4. The molecule has 4 heteroatoms. The third-order valence-electron chi connectivity index (χ3n) is 10.5. The van der Waals surface area contributed by atoms with Crippen LogP contribution in [-0.4, -0.2) is 15.0 Å². The first-order valence-electron chi connectivity index (χ1n) is 16.9. The largest absolute Gasteiger partial charge is 0.208 e. The second-order valence-electron chi connectivity index (χ2n) is 14.1. The molecule has 1 heterocycles. The van der Waals surface area contributed by atoms with Crippen molar-refractivity contribution in [2.75, 3.05) is 0 Å². The van der Waals surface area contributed by atoms with E-state index in [2.05, 4.69) is 98.8 Å². The fourth-order valence-corrected chi connectivity index (χ4v) is 8.78. The second kappa shape index (κ2) is 11.9. The summed E-state index contributed by atoms with van der Waals surface area (Å²) in [5.41, 5.74) is 7.51. The van der Waals surface area contributed by atoms with E-state index in [0.717, 1.165) is 56.3 Å². The Kier molecular flexibility index (Phi) is 7.41. The Morgan fingerprint density at radius 1 is 0.574 bits per heavy atom. The SMILES string of the molecule is C[C@@H]1C[C@@H]2C[C@H](C)CC(c3ccc(-c4nc(-c5ccccc5)nc(-c5cccc(-c6ccc7c(C#N)cccc7c6)c5)n4)cc3)(C1)C2. The highest BCUT2D eigenvalue weighted by Gasteiger charge is 2.45. The molecule has 8 rings (SSSR count). The first-order chi connectivity index (χ1) is 23.0. The van der Waals surface area contributed by atoms with E-state index >= 15 is 0 Å². The first-order valence-corrected chi connectivity index (χ1v) is 16.9. The Balaban J connectivity index is 1.18. The molecular formula is C43H38N4. The second-order valence-corrected chi connectivity index (χ2v) is 14.1. The fraction of sp³-hybridized carbons (Fsp3) is 0.256. The average Bonchev–Trinajstić information content (AvgIpc) is 3.11. The zero-order valence-corrected chi connectivity index (χ0v) is 27.0. The quantitative estimate of drug-likeness (QED) is 0.195. The van der Waals surface area contributed by atoms with Crippen LogP contribution in [0.1, 0.15) is 57.1 Å². The van der Waals surface area contributed by atoms with Crippen molar-refractivity contribution in [1.82, 2.24) is 15.0 Å². The Bertz CT molecular complexity index is 2110. The summed E-state index contributed by atoms with van der Waals surface area (Å²) < 4.78 is 0. The van der Waals surface area contributed by atoms with Gasteiger partial charge < -0.3 is 0 Å². The van der Waals surface area contributed by atoms with Crippen LogP contribution < -0.4 is 0 Å². The molecule has 1 aromatic heterocycles. The van der Waals surface area contributed by atoms with Gasteiger partial charge in [0.25, 0.3) is 0 Å². The van der Waals surface area contributed by atoms with Gasteiger partial charge in [-0.25, -0.2) is 15.0 Å². The highest BCUT2D eigenvalue weighted by molar-refractivity contribution is 5.91. The van der Waals surface area contributed by atoms with E-state index in [1.54, 1.807) is 0 Å². The van der Waals surface area contributed by atoms with Crippen LogP contribution in [0.3, 0.4) is 0 Å². The van der Waals surface area contributed by atoms with Crippen molar-refractivity contribution in [2.45, 2.75) is 51.4 Å². The third kappa shape index (κ3) is 5.61. The van der Waals surface area contributed by atoms with Gasteiger partial charge in [-0.1, -0.05) is 111 Å². The van der Waals surface area contributed by atoms with Crippen LogP contribution in [0.4, 0.5) is 0 Å². The molecule has 6 aromatic rings. The van der Waals surface area contributed by atoms with Gasteiger partial charge in [0.05, 0.1) is 11.6 Å². The number of hydrogen-bond donors (Lipinski definition) is 0. The van der Waals surface area contributed by atoms with Gasteiger partial charge in [0.15, 0.2) is 17.5 Å². The molecule has 5 aromatic carbocycles. The Morgan fingerprint density at radius 3 is 1.85 bits per heavy atom. The van der Waals surface area contributed by atoms with Crippen LogP contribution in [0, 0.1) is 29.1 Å². The predicted octanol–water partition coefficient (Wildman–Crippen LogP) is 10.7. The number of benzene rings is 5. The molecule has 0 aliphatic heterocycles. The summed E-state index contributed by atoms with van der Waals surface area (Å²) in [6.45, 7) is 4.89. The molecule has 2 aliphatic carbocycles. The highest BCUT2D eigenvalue weighted by Crippen LogP contribution is 2.54. The minimum absolute atomic E-state index is 0.289. The maximum Gasteiger partial charge on any atom is 0.164 e. The standard InChI is InChI=1S/C43H38N4/c1-28-20-30-21-29(2)25-43(24-28,26-30)38-17-14-32(15-18-38)41-45-40(31-8-4-3-5-9-31)46-42(47-41)36-12-6-10-33(23-36)34-16-19-39-35(22-34)11-7-13-37(39)27-44/h3-19,22-23,28-30H,20-21,24-26H2,1-2H3/t28-,29+,30-,43?. The molecule has 2 saturated carbocycles. The van der Waals surface area contributed by atoms with Crippen molar-refractivity contribution < 1.29 is 0 Å². The van der Waals surface area contributed by atoms with Crippen molar-refractivity contribution >= 4 is 10.8 Å². The van der Waals surface area contributed by atoms with Crippen LogP contribution >= 0.6 is 0 Å². The van der Waals surface area contributed by atoms with Crippen molar-refractivity contribution in [3.63, 3.8) is 0 Å². The third-order valence-corrected chi connectivity index (χ3v) is 10.5. The normalized spacial score (nSPS) is 22.1. The van der Waals surface area contributed by atoms with Crippen molar-refractivity contribution in [3.8, 4) is 51.4 Å². The lowest BCUT2D eigenvalue weighted by Crippen LogP contribution is -2.42. The minimum Gasteiger partial charge on any atom is -0.208 e. The van der Waals surface area contributed by atoms with Crippen molar-refractivity contribution in [2.24, 2.45) is 17.8 Å². The van der Waals surface area contributed by atoms with Gasteiger partial charge >= 0.3 is 0 Å². The maximum absolute atomic E-state index is 9.55. The van der Waals surface area contributed by atoms with Gasteiger partial charge in [-0.3, -0.25) is 0 Å². The van der Waals surface area contributed by atoms with Crippen molar-refractivity contribution in [1.29, 1.82) is 5.26 Å². The molecule has 0 saturated heterocycles. The van der Waals surface area contributed by atoms with E-state index in [1.165, 1.54) is 37.7 Å². The zero-order valence-electron chi connectivity index (χ0n) is 27.0. The lowest BCUT2D eigenvalue weighted by atomic mass is 9.54.